The van der Waals surface area contributed by atoms with Gasteiger partial charge >= 0.3 is 7.12 Å². The zero-order valence-electron chi connectivity index (χ0n) is 16.8. The van der Waals surface area contributed by atoms with Crippen molar-refractivity contribution >= 4 is 12.6 Å². The maximum absolute atomic E-state index is 11.0. The van der Waals surface area contributed by atoms with Gasteiger partial charge in [-0.15, -0.1) is 0 Å². The number of rotatable bonds is 3. The van der Waals surface area contributed by atoms with E-state index < -0.39 is 18.3 Å². The molecule has 4 rings (SSSR count). The second-order valence-corrected chi connectivity index (χ2v) is 8.28. The van der Waals surface area contributed by atoms with E-state index in [9.17, 15) is 5.11 Å². The van der Waals surface area contributed by atoms with Gasteiger partial charge in [-0.05, 0) is 55.9 Å². The highest BCUT2D eigenvalue weighted by atomic mass is 16.7. The lowest BCUT2D eigenvalue weighted by Crippen LogP contribution is -2.41. The maximum Gasteiger partial charge on any atom is 0.495 e. The lowest BCUT2D eigenvalue weighted by Gasteiger charge is -2.32. The molecule has 3 aromatic rings. The van der Waals surface area contributed by atoms with E-state index in [2.05, 4.69) is 6.07 Å². The van der Waals surface area contributed by atoms with Crippen LogP contribution in [-0.4, -0.2) is 23.4 Å². The van der Waals surface area contributed by atoms with Gasteiger partial charge in [0.25, 0.3) is 0 Å². The van der Waals surface area contributed by atoms with Gasteiger partial charge in [-0.2, -0.15) is 0 Å². The van der Waals surface area contributed by atoms with Crippen LogP contribution in [-0.2, 0) is 9.31 Å². The van der Waals surface area contributed by atoms with Crippen molar-refractivity contribution in [2.75, 3.05) is 0 Å². The minimum absolute atomic E-state index is 0.220. The van der Waals surface area contributed by atoms with Crippen molar-refractivity contribution in [3.63, 3.8) is 0 Å². The van der Waals surface area contributed by atoms with E-state index in [-0.39, 0.29) is 5.75 Å². The van der Waals surface area contributed by atoms with Crippen LogP contribution in [0.15, 0.2) is 72.8 Å². The Kier molecular flexibility index (Phi) is 4.57. The van der Waals surface area contributed by atoms with E-state index in [0.717, 1.165) is 27.7 Å². The maximum atomic E-state index is 11.0. The summed E-state index contributed by atoms with van der Waals surface area (Å²) in [7, 11) is -0.560. The number of aromatic hydroxyl groups is 1. The minimum atomic E-state index is -0.560. The number of phenolic OH excluding ortho intramolecular Hbond substituents is 1. The third-order valence-corrected chi connectivity index (χ3v) is 5.82. The topological polar surface area (TPSA) is 38.7 Å². The highest BCUT2D eigenvalue weighted by molar-refractivity contribution is 6.64. The molecule has 0 saturated carbocycles. The summed E-state index contributed by atoms with van der Waals surface area (Å²) in [6.07, 6.45) is 0. The summed E-state index contributed by atoms with van der Waals surface area (Å²) in [5.74, 6) is 0.220. The zero-order valence-corrected chi connectivity index (χ0v) is 16.8. The summed E-state index contributed by atoms with van der Waals surface area (Å²) >= 11 is 0. The summed E-state index contributed by atoms with van der Waals surface area (Å²) in [5.41, 5.74) is 3.58. The molecule has 142 valence electrons. The lowest BCUT2D eigenvalue weighted by molar-refractivity contribution is 0.00578. The van der Waals surface area contributed by atoms with Gasteiger partial charge in [-0.1, -0.05) is 66.7 Å². The summed E-state index contributed by atoms with van der Waals surface area (Å²) in [5, 5.41) is 11.0. The van der Waals surface area contributed by atoms with E-state index in [1.165, 1.54) is 0 Å². The molecule has 0 aromatic heterocycles. The first-order valence-corrected chi connectivity index (χ1v) is 9.62. The van der Waals surface area contributed by atoms with Gasteiger partial charge in [0.1, 0.15) is 5.75 Å². The van der Waals surface area contributed by atoms with Crippen molar-refractivity contribution in [2.45, 2.75) is 38.9 Å². The predicted octanol–water partition coefficient (Wildman–Crippen LogP) is 5.03. The normalized spacial score (nSPS) is 17.6. The Morgan fingerprint density at radius 1 is 0.679 bits per heavy atom. The van der Waals surface area contributed by atoms with Crippen LogP contribution in [0.4, 0.5) is 0 Å². The van der Waals surface area contributed by atoms with Crippen molar-refractivity contribution in [3.05, 3.63) is 72.8 Å². The molecule has 3 nitrogen and oxygen atoms in total. The molecule has 1 saturated heterocycles. The summed E-state index contributed by atoms with van der Waals surface area (Å²) in [6, 6.07) is 23.8. The van der Waals surface area contributed by atoms with Gasteiger partial charge < -0.3 is 14.4 Å². The van der Waals surface area contributed by atoms with Gasteiger partial charge in [0, 0.05) is 5.56 Å². The molecular weight excluding hydrogens is 347 g/mol. The fraction of sp³-hybridized carbons (Fsp3) is 0.250. The van der Waals surface area contributed by atoms with Crippen LogP contribution < -0.4 is 5.46 Å². The second kappa shape index (κ2) is 6.80. The van der Waals surface area contributed by atoms with E-state index >= 15 is 0 Å². The van der Waals surface area contributed by atoms with Crippen LogP contribution in [0.5, 0.6) is 5.75 Å². The molecule has 1 aliphatic rings. The Balaban J connectivity index is 1.90. The summed E-state index contributed by atoms with van der Waals surface area (Å²) in [4.78, 5) is 0. The number of hydrogen-bond donors (Lipinski definition) is 1. The van der Waals surface area contributed by atoms with Crippen molar-refractivity contribution in [2.24, 2.45) is 0 Å². The van der Waals surface area contributed by atoms with Crippen molar-refractivity contribution in [3.8, 4) is 28.0 Å². The molecule has 0 atom stereocenters. The molecule has 3 aromatic carbocycles. The van der Waals surface area contributed by atoms with Crippen LogP contribution >= 0.6 is 0 Å². The standard InChI is InChI=1S/C24H25BO3/c1-23(2)24(3,4)28-25(27-23)20-15-19(17-11-7-5-8-12-17)16-21(26)22(20)18-13-9-6-10-14-18/h5-16,26H,1-4H3. The summed E-state index contributed by atoms with van der Waals surface area (Å²) in [6.45, 7) is 8.15. The Bertz CT molecular complexity index is 965. The fourth-order valence-corrected chi connectivity index (χ4v) is 3.52. The van der Waals surface area contributed by atoms with Gasteiger partial charge in [-0.3, -0.25) is 0 Å². The molecule has 1 aliphatic heterocycles. The van der Waals surface area contributed by atoms with Crippen LogP contribution in [0.2, 0.25) is 0 Å². The largest absolute Gasteiger partial charge is 0.507 e. The molecule has 0 radical (unpaired) electrons. The Morgan fingerprint density at radius 3 is 1.71 bits per heavy atom. The third-order valence-electron chi connectivity index (χ3n) is 5.82. The third kappa shape index (κ3) is 3.23. The molecule has 0 spiro atoms. The van der Waals surface area contributed by atoms with E-state index in [1.807, 2.05) is 94.4 Å². The smallest absolute Gasteiger partial charge is 0.495 e. The van der Waals surface area contributed by atoms with Crippen LogP contribution in [0.1, 0.15) is 27.7 Å². The van der Waals surface area contributed by atoms with Crippen LogP contribution in [0.3, 0.4) is 0 Å². The van der Waals surface area contributed by atoms with E-state index in [1.54, 1.807) is 0 Å². The zero-order chi connectivity index (χ0) is 19.9. The molecule has 1 fully saturated rings. The van der Waals surface area contributed by atoms with Crippen molar-refractivity contribution < 1.29 is 14.4 Å². The first kappa shape index (κ1) is 18.8. The first-order valence-electron chi connectivity index (χ1n) is 9.62. The lowest BCUT2D eigenvalue weighted by atomic mass is 9.73. The average Bonchev–Trinajstić information content (AvgIpc) is 2.90. The molecule has 0 unspecified atom stereocenters. The number of hydrogen-bond acceptors (Lipinski definition) is 3. The first-order chi connectivity index (χ1) is 13.3. The molecular formula is C24H25BO3. The SMILES string of the molecule is CC1(C)OB(c2cc(-c3ccccc3)cc(O)c2-c2ccccc2)OC1(C)C. The average molecular weight is 372 g/mol. The highest BCUT2D eigenvalue weighted by Crippen LogP contribution is 2.39. The molecule has 1 N–H and O–H groups in total. The van der Waals surface area contributed by atoms with Crippen molar-refractivity contribution in [1.29, 1.82) is 0 Å². The molecule has 0 aliphatic carbocycles. The number of phenols is 1. The van der Waals surface area contributed by atoms with Crippen LogP contribution in [0, 0.1) is 0 Å². The van der Waals surface area contributed by atoms with E-state index in [4.69, 9.17) is 9.31 Å². The fourth-order valence-electron chi connectivity index (χ4n) is 3.52. The van der Waals surface area contributed by atoms with Crippen molar-refractivity contribution in [1.82, 2.24) is 0 Å². The molecule has 4 heteroatoms. The highest BCUT2D eigenvalue weighted by Gasteiger charge is 2.52. The Labute approximate surface area is 167 Å². The second-order valence-electron chi connectivity index (χ2n) is 8.28. The van der Waals surface area contributed by atoms with Gasteiger partial charge in [0.05, 0.1) is 11.2 Å². The number of benzene rings is 3. The van der Waals surface area contributed by atoms with Crippen LogP contribution in [0.25, 0.3) is 22.3 Å². The van der Waals surface area contributed by atoms with Gasteiger partial charge in [0.2, 0.25) is 0 Å². The Hall–Kier alpha value is -2.56. The van der Waals surface area contributed by atoms with Gasteiger partial charge in [0.15, 0.2) is 0 Å². The van der Waals surface area contributed by atoms with Gasteiger partial charge in [-0.25, -0.2) is 0 Å². The molecule has 0 amide bonds. The van der Waals surface area contributed by atoms with E-state index in [0.29, 0.717) is 0 Å². The minimum Gasteiger partial charge on any atom is -0.507 e. The molecule has 0 bridgehead atoms. The monoisotopic (exact) mass is 372 g/mol. The predicted molar refractivity (Wildman–Crippen MR) is 115 cm³/mol. The Morgan fingerprint density at radius 2 is 1.18 bits per heavy atom. The summed E-state index contributed by atoms with van der Waals surface area (Å²) < 4.78 is 12.6. The molecule has 1 heterocycles. The quantitative estimate of drug-likeness (QED) is 0.656. The molecule has 28 heavy (non-hydrogen) atoms.